The number of anilines is 1. The first-order valence-electron chi connectivity index (χ1n) is 6.44. The van der Waals surface area contributed by atoms with Crippen molar-refractivity contribution < 1.29 is 14.6 Å². The van der Waals surface area contributed by atoms with Gasteiger partial charge in [-0.05, 0) is 38.1 Å². The maximum Gasteiger partial charge on any atom is 0.230 e. The molecule has 0 aliphatic carbocycles. The largest absolute Gasteiger partial charge is 0.506 e. The van der Waals surface area contributed by atoms with Gasteiger partial charge in [-0.15, -0.1) is 0 Å². The number of piperidine rings is 1. The van der Waals surface area contributed by atoms with Gasteiger partial charge >= 0.3 is 0 Å². The molecule has 0 spiro atoms. The summed E-state index contributed by atoms with van der Waals surface area (Å²) in [5, 5.41) is 15.8. The third kappa shape index (κ3) is 2.98. The molecule has 0 bridgehead atoms. The smallest absolute Gasteiger partial charge is 0.230 e. The van der Waals surface area contributed by atoms with Crippen LogP contribution in [0.1, 0.15) is 19.8 Å². The number of hydrogen-bond donors (Lipinski definition) is 3. The average Bonchev–Trinajstić information content (AvgIpc) is 2.42. The number of hydrogen-bond acceptors (Lipinski definition) is 4. The van der Waals surface area contributed by atoms with Gasteiger partial charge in [-0.3, -0.25) is 4.79 Å². The van der Waals surface area contributed by atoms with E-state index in [1.54, 1.807) is 19.2 Å². The Labute approximate surface area is 113 Å². The highest BCUT2D eigenvalue weighted by molar-refractivity contribution is 5.96. The number of ether oxygens (including phenoxy) is 1. The number of rotatable bonds is 3. The highest BCUT2D eigenvalue weighted by atomic mass is 16.5. The van der Waals surface area contributed by atoms with Crippen LogP contribution >= 0.6 is 0 Å². The second kappa shape index (κ2) is 5.48. The van der Waals surface area contributed by atoms with E-state index >= 15 is 0 Å². The zero-order valence-electron chi connectivity index (χ0n) is 11.3. The minimum atomic E-state index is -0.388. The molecule has 5 heteroatoms. The molecule has 0 radical (unpaired) electrons. The van der Waals surface area contributed by atoms with E-state index in [0.29, 0.717) is 11.4 Å². The van der Waals surface area contributed by atoms with Crippen LogP contribution in [0.2, 0.25) is 0 Å². The highest BCUT2D eigenvalue weighted by Crippen LogP contribution is 2.33. The number of phenolic OH excluding ortho intramolecular Hbond substituents is 1. The van der Waals surface area contributed by atoms with Crippen LogP contribution in [-0.4, -0.2) is 31.2 Å². The summed E-state index contributed by atoms with van der Waals surface area (Å²) in [5.41, 5.74) is 0.00456. The van der Waals surface area contributed by atoms with Crippen molar-refractivity contribution in [1.82, 2.24) is 5.32 Å². The Balaban J connectivity index is 2.14. The van der Waals surface area contributed by atoms with Gasteiger partial charge in [0.15, 0.2) is 0 Å². The van der Waals surface area contributed by atoms with Crippen LogP contribution < -0.4 is 15.4 Å². The summed E-state index contributed by atoms with van der Waals surface area (Å²) in [4.78, 5) is 12.4. The number of carbonyl (C=O) groups excluding carboxylic acids is 1. The lowest BCUT2D eigenvalue weighted by Crippen LogP contribution is -2.42. The molecule has 0 atom stereocenters. The molecule has 1 fully saturated rings. The molecule has 1 amide bonds. The molecule has 1 heterocycles. The average molecular weight is 264 g/mol. The minimum absolute atomic E-state index is 0.0479. The van der Waals surface area contributed by atoms with Crippen LogP contribution in [0.25, 0.3) is 0 Å². The normalized spacial score (nSPS) is 17.8. The van der Waals surface area contributed by atoms with Crippen LogP contribution in [0.15, 0.2) is 18.2 Å². The molecule has 1 aromatic carbocycles. The molecular formula is C14H20N2O3. The summed E-state index contributed by atoms with van der Waals surface area (Å²) in [7, 11) is 1.55. The second-order valence-electron chi connectivity index (χ2n) is 5.15. The van der Waals surface area contributed by atoms with E-state index in [-0.39, 0.29) is 17.1 Å². The maximum absolute atomic E-state index is 12.4. The Morgan fingerprint density at radius 3 is 2.74 bits per heavy atom. The number of amides is 1. The van der Waals surface area contributed by atoms with E-state index in [0.717, 1.165) is 25.9 Å². The summed E-state index contributed by atoms with van der Waals surface area (Å²) >= 11 is 0. The number of methoxy groups -OCH3 is 1. The van der Waals surface area contributed by atoms with Gasteiger partial charge < -0.3 is 20.5 Å². The predicted octanol–water partition coefficient (Wildman–Crippen LogP) is 1.73. The molecule has 1 saturated heterocycles. The first-order valence-corrected chi connectivity index (χ1v) is 6.44. The summed E-state index contributed by atoms with van der Waals surface area (Å²) in [6, 6.07) is 4.79. The summed E-state index contributed by atoms with van der Waals surface area (Å²) < 4.78 is 5.09. The summed E-state index contributed by atoms with van der Waals surface area (Å²) in [6.07, 6.45) is 1.59. The van der Waals surface area contributed by atoms with Crippen LogP contribution in [0.5, 0.6) is 11.5 Å². The molecule has 1 aliphatic rings. The van der Waals surface area contributed by atoms with E-state index in [1.807, 2.05) is 6.92 Å². The van der Waals surface area contributed by atoms with Crippen LogP contribution in [-0.2, 0) is 4.79 Å². The molecule has 5 nitrogen and oxygen atoms in total. The van der Waals surface area contributed by atoms with Gasteiger partial charge in [0.1, 0.15) is 11.5 Å². The number of phenols is 1. The summed E-state index contributed by atoms with van der Waals surface area (Å²) in [6.45, 7) is 3.64. The molecule has 1 aromatic rings. The monoisotopic (exact) mass is 264 g/mol. The fraction of sp³-hybridized carbons (Fsp3) is 0.500. The van der Waals surface area contributed by atoms with Gasteiger partial charge in [0.2, 0.25) is 5.91 Å². The van der Waals surface area contributed by atoms with Crippen LogP contribution in [0.4, 0.5) is 5.69 Å². The second-order valence-corrected chi connectivity index (χ2v) is 5.15. The Bertz CT molecular complexity index is 468. The lowest BCUT2D eigenvalue weighted by atomic mass is 9.80. The minimum Gasteiger partial charge on any atom is -0.506 e. The Morgan fingerprint density at radius 1 is 1.42 bits per heavy atom. The molecular weight excluding hydrogens is 244 g/mol. The molecule has 19 heavy (non-hydrogen) atoms. The fourth-order valence-electron chi connectivity index (χ4n) is 2.22. The van der Waals surface area contributed by atoms with Gasteiger partial charge in [0.05, 0.1) is 12.8 Å². The van der Waals surface area contributed by atoms with Gasteiger partial charge in [-0.25, -0.2) is 0 Å². The Hall–Kier alpha value is -1.75. The Kier molecular flexibility index (Phi) is 3.95. The molecule has 3 N–H and O–H groups in total. The maximum atomic E-state index is 12.4. The Morgan fingerprint density at radius 2 is 2.11 bits per heavy atom. The van der Waals surface area contributed by atoms with Gasteiger partial charge in [0, 0.05) is 11.5 Å². The third-order valence-corrected chi connectivity index (χ3v) is 3.71. The van der Waals surface area contributed by atoms with Crippen molar-refractivity contribution in [3.05, 3.63) is 18.2 Å². The SMILES string of the molecule is COc1ccc(O)c(NC(=O)C2(C)CCNCC2)c1. The van der Waals surface area contributed by atoms with E-state index in [4.69, 9.17) is 4.74 Å². The molecule has 2 rings (SSSR count). The van der Waals surface area contributed by atoms with Crippen molar-refractivity contribution in [3.8, 4) is 11.5 Å². The lowest BCUT2D eigenvalue weighted by molar-refractivity contribution is -0.126. The topological polar surface area (TPSA) is 70.6 Å². The van der Waals surface area contributed by atoms with Crippen molar-refractivity contribution in [3.63, 3.8) is 0 Å². The van der Waals surface area contributed by atoms with Crippen molar-refractivity contribution >= 4 is 11.6 Å². The number of benzene rings is 1. The van der Waals surface area contributed by atoms with Gasteiger partial charge in [-0.2, -0.15) is 0 Å². The van der Waals surface area contributed by atoms with Crippen molar-refractivity contribution in [2.45, 2.75) is 19.8 Å². The third-order valence-electron chi connectivity index (χ3n) is 3.71. The molecule has 1 aliphatic heterocycles. The standard InChI is InChI=1S/C14H20N2O3/c1-14(5-7-15-8-6-14)13(18)16-11-9-10(19-2)3-4-12(11)17/h3-4,9,15,17H,5-8H2,1-2H3,(H,16,18). The van der Waals surface area contributed by atoms with Gasteiger partial charge in [0.25, 0.3) is 0 Å². The number of carbonyl (C=O) groups is 1. The molecule has 0 unspecified atom stereocenters. The molecule has 104 valence electrons. The van der Waals surface area contributed by atoms with Crippen molar-refractivity contribution in [2.75, 3.05) is 25.5 Å². The first-order chi connectivity index (χ1) is 9.05. The zero-order chi connectivity index (χ0) is 13.9. The van der Waals surface area contributed by atoms with E-state index in [2.05, 4.69) is 10.6 Å². The van der Waals surface area contributed by atoms with Crippen LogP contribution in [0, 0.1) is 5.41 Å². The predicted molar refractivity (Wildman–Crippen MR) is 73.5 cm³/mol. The molecule has 0 aromatic heterocycles. The van der Waals surface area contributed by atoms with E-state index < -0.39 is 0 Å². The van der Waals surface area contributed by atoms with Gasteiger partial charge in [-0.1, -0.05) is 6.92 Å². The molecule has 0 saturated carbocycles. The van der Waals surface area contributed by atoms with Crippen molar-refractivity contribution in [1.29, 1.82) is 0 Å². The highest BCUT2D eigenvalue weighted by Gasteiger charge is 2.34. The fourth-order valence-corrected chi connectivity index (χ4v) is 2.22. The summed E-state index contributed by atoms with van der Waals surface area (Å²) in [5.74, 6) is 0.591. The zero-order valence-corrected chi connectivity index (χ0v) is 11.3. The van der Waals surface area contributed by atoms with E-state index in [1.165, 1.54) is 6.07 Å². The first kappa shape index (κ1) is 13.7. The quantitative estimate of drug-likeness (QED) is 0.727. The van der Waals surface area contributed by atoms with E-state index in [9.17, 15) is 9.90 Å². The van der Waals surface area contributed by atoms with Crippen molar-refractivity contribution in [2.24, 2.45) is 5.41 Å². The van der Waals surface area contributed by atoms with Crippen LogP contribution in [0.3, 0.4) is 0 Å². The number of aromatic hydroxyl groups is 1. The number of nitrogens with one attached hydrogen (secondary N) is 2. The lowest BCUT2D eigenvalue weighted by Gasteiger charge is -2.32.